The molecule has 2 N–H and O–H groups in total. The van der Waals surface area contributed by atoms with Crippen LogP contribution < -0.4 is 4.72 Å². The summed E-state index contributed by atoms with van der Waals surface area (Å²) >= 11 is 3.45. The number of benzene rings is 1. The molecule has 0 spiro atoms. The van der Waals surface area contributed by atoms with Crippen LogP contribution in [0, 0.1) is 5.92 Å². The monoisotopic (exact) mass is 389 g/mol. The van der Waals surface area contributed by atoms with E-state index in [9.17, 15) is 13.5 Å². The predicted molar refractivity (Wildman–Crippen MR) is 93.3 cm³/mol. The smallest absolute Gasteiger partial charge is 0.241 e. The Labute approximate surface area is 141 Å². The van der Waals surface area contributed by atoms with E-state index in [0.29, 0.717) is 6.42 Å². The van der Waals surface area contributed by atoms with E-state index in [0.717, 1.165) is 5.57 Å². The summed E-state index contributed by atoms with van der Waals surface area (Å²) in [5.41, 5.74) is 0.915. The van der Waals surface area contributed by atoms with Crippen LogP contribution in [0.5, 0.6) is 0 Å². The highest BCUT2D eigenvalue weighted by molar-refractivity contribution is 9.10. The molecule has 0 saturated heterocycles. The molecule has 0 aromatic heterocycles. The summed E-state index contributed by atoms with van der Waals surface area (Å²) in [5, 5.41) is 10.5. The number of nitrogens with one attached hydrogen (secondary N) is 1. The molecule has 6 heteroatoms. The Kier molecular flexibility index (Phi) is 6.80. The van der Waals surface area contributed by atoms with Crippen molar-refractivity contribution in [3.63, 3.8) is 0 Å². The number of hydrogen-bond donors (Lipinski definition) is 2. The van der Waals surface area contributed by atoms with Gasteiger partial charge in [-0.2, -0.15) is 4.72 Å². The molecule has 3 atom stereocenters. The molecule has 0 radical (unpaired) electrons. The average Bonchev–Trinajstić information content (AvgIpc) is 2.46. The summed E-state index contributed by atoms with van der Waals surface area (Å²) in [6.07, 6.45) is 1.37. The van der Waals surface area contributed by atoms with E-state index < -0.39 is 20.6 Å². The molecular formula is C16H24BrNO3S. The van der Waals surface area contributed by atoms with Crippen molar-refractivity contribution in [1.82, 2.24) is 4.72 Å². The molecule has 0 heterocycles. The standard InChI is InChI=1S/C16H24BrNO3S/c1-5-13(4)16(17,15(19)11-12(2)3)18-22(20,21)14-9-7-6-8-10-14/h6-11,13,15,18-19H,5H2,1-4H3/t13-,15-,16+/m0/s1. The van der Waals surface area contributed by atoms with E-state index in [1.807, 2.05) is 27.7 Å². The lowest BCUT2D eigenvalue weighted by molar-refractivity contribution is 0.136. The second-order valence-electron chi connectivity index (χ2n) is 5.68. The predicted octanol–water partition coefficient (Wildman–Crippen LogP) is 3.43. The van der Waals surface area contributed by atoms with Gasteiger partial charge in [-0.1, -0.05) is 66.0 Å². The number of aliphatic hydroxyl groups is 1. The third-order valence-corrected chi connectivity index (χ3v) is 6.81. The Bertz CT molecular complexity index is 612. The fraction of sp³-hybridized carbons (Fsp3) is 0.500. The van der Waals surface area contributed by atoms with E-state index in [2.05, 4.69) is 20.7 Å². The van der Waals surface area contributed by atoms with Crippen LogP contribution in [0.1, 0.15) is 34.1 Å². The second kappa shape index (κ2) is 7.73. The van der Waals surface area contributed by atoms with Gasteiger partial charge in [0.05, 0.1) is 4.90 Å². The third-order valence-electron chi connectivity index (χ3n) is 3.60. The van der Waals surface area contributed by atoms with Gasteiger partial charge in [-0.25, -0.2) is 8.42 Å². The molecule has 1 aromatic carbocycles. The highest BCUT2D eigenvalue weighted by atomic mass is 79.9. The van der Waals surface area contributed by atoms with Crippen LogP contribution in [0.4, 0.5) is 0 Å². The minimum Gasteiger partial charge on any atom is -0.386 e. The molecule has 0 aliphatic rings. The minimum absolute atomic E-state index is 0.114. The van der Waals surface area contributed by atoms with Crippen molar-refractivity contribution in [2.45, 2.75) is 49.6 Å². The lowest BCUT2D eigenvalue weighted by atomic mass is 9.94. The van der Waals surface area contributed by atoms with E-state index in [-0.39, 0.29) is 10.8 Å². The molecule has 4 nitrogen and oxygen atoms in total. The Balaban J connectivity index is 3.22. The zero-order valence-electron chi connectivity index (χ0n) is 13.4. The van der Waals surface area contributed by atoms with Crippen molar-refractivity contribution < 1.29 is 13.5 Å². The number of rotatable bonds is 7. The number of hydrogen-bond acceptors (Lipinski definition) is 3. The Morgan fingerprint density at radius 3 is 2.36 bits per heavy atom. The van der Waals surface area contributed by atoms with Gasteiger partial charge in [-0.15, -0.1) is 0 Å². The summed E-state index contributed by atoms with van der Waals surface area (Å²) in [4.78, 5) is 0.173. The highest BCUT2D eigenvalue weighted by Gasteiger charge is 2.42. The van der Waals surface area contributed by atoms with E-state index in [4.69, 9.17) is 0 Å². The van der Waals surface area contributed by atoms with Crippen LogP contribution >= 0.6 is 15.9 Å². The van der Waals surface area contributed by atoms with Crippen LogP contribution in [-0.2, 0) is 10.0 Å². The fourth-order valence-electron chi connectivity index (χ4n) is 2.05. The van der Waals surface area contributed by atoms with Gasteiger partial charge >= 0.3 is 0 Å². The molecule has 0 fully saturated rings. The lowest BCUT2D eigenvalue weighted by Gasteiger charge is -2.37. The highest BCUT2D eigenvalue weighted by Crippen LogP contribution is 2.34. The summed E-state index contributed by atoms with van der Waals surface area (Å²) < 4.78 is 26.6. The first-order valence-corrected chi connectivity index (χ1v) is 9.52. The van der Waals surface area contributed by atoms with Gasteiger partial charge in [0.2, 0.25) is 10.0 Å². The quantitative estimate of drug-likeness (QED) is 0.426. The molecule has 1 rings (SSSR count). The third kappa shape index (κ3) is 4.65. The molecular weight excluding hydrogens is 366 g/mol. The maximum absolute atomic E-state index is 12.6. The molecule has 0 unspecified atom stereocenters. The summed E-state index contributed by atoms with van der Waals surface area (Å²) in [7, 11) is -3.74. The van der Waals surface area contributed by atoms with Crippen LogP contribution in [0.15, 0.2) is 46.9 Å². The molecule has 0 bridgehead atoms. The van der Waals surface area contributed by atoms with Gasteiger partial charge in [-0.05, 0) is 31.9 Å². The normalized spacial score (nSPS) is 17.4. The molecule has 1 aromatic rings. The van der Waals surface area contributed by atoms with Crippen LogP contribution in [0.3, 0.4) is 0 Å². The SMILES string of the molecule is CC[C@H](C)[C@@](Br)(NS(=O)(=O)c1ccccc1)[C@@H](O)C=C(C)C. The van der Waals surface area contributed by atoms with Crippen molar-refractivity contribution in [1.29, 1.82) is 0 Å². The second-order valence-corrected chi connectivity index (χ2v) is 8.68. The molecule has 0 saturated carbocycles. The summed E-state index contributed by atoms with van der Waals surface area (Å²) in [6.45, 7) is 7.56. The minimum atomic E-state index is -3.74. The number of alkyl halides is 1. The van der Waals surface area contributed by atoms with Crippen molar-refractivity contribution in [2.24, 2.45) is 5.92 Å². The molecule has 0 aliphatic carbocycles. The van der Waals surface area contributed by atoms with Gasteiger partial charge in [-0.3, -0.25) is 0 Å². The van der Waals surface area contributed by atoms with E-state index >= 15 is 0 Å². The average molecular weight is 390 g/mol. The van der Waals surface area contributed by atoms with Gasteiger partial charge < -0.3 is 5.11 Å². The number of aliphatic hydroxyl groups excluding tert-OH is 1. The summed E-state index contributed by atoms with van der Waals surface area (Å²) in [6, 6.07) is 8.15. The van der Waals surface area contributed by atoms with Crippen molar-refractivity contribution in [3.05, 3.63) is 42.0 Å². The molecule has 124 valence electrons. The van der Waals surface area contributed by atoms with Crippen LogP contribution in [-0.4, -0.2) is 24.1 Å². The van der Waals surface area contributed by atoms with Crippen molar-refractivity contribution in [2.75, 3.05) is 0 Å². The zero-order chi connectivity index (χ0) is 17.0. The Morgan fingerprint density at radius 2 is 1.91 bits per heavy atom. The van der Waals surface area contributed by atoms with Gasteiger partial charge in [0.25, 0.3) is 0 Å². The van der Waals surface area contributed by atoms with E-state index in [1.54, 1.807) is 24.3 Å². The Hall–Kier alpha value is -0.690. The Morgan fingerprint density at radius 1 is 1.36 bits per heavy atom. The molecule has 22 heavy (non-hydrogen) atoms. The maximum atomic E-state index is 12.6. The summed E-state index contributed by atoms with van der Waals surface area (Å²) in [5.74, 6) is -0.114. The first-order valence-electron chi connectivity index (χ1n) is 7.24. The largest absolute Gasteiger partial charge is 0.386 e. The van der Waals surface area contributed by atoms with Gasteiger partial charge in [0, 0.05) is 0 Å². The molecule has 0 amide bonds. The van der Waals surface area contributed by atoms with Crippen molar-refractivity contribution >= 4 is 26.0 Å². The first kappa shape index (κ1) is 19.4. The number of sulfonamides is 1. The van der Waals surface area contributed by atoms with Crippen LogP contribution in [0.25, 0.3) is 0 Å². The van der Waals surface area contributed by atoms with Gasteiger partial charge in [0.15, 0.2) is 0 Å². The van der Waals surface area contributed by atoms with Crippen molar-refractivity contribution in [3.8, 4) is 0 Å². The first-order chi connectivity index (χ1) is 10.1. The van der Waals surface area contributed by atoms with Crippen LogP contribution in [0.2, 0.25) is 0 Å². The number of allylic oxidation sites excluding steroid dienone is 1. The van der Waals surface area contributed by atoms with Gasteiger partial charge in [0.1, 0.15) is 10.6 Å². The lowest BCUT2D eigenvalue weighted by Crippen LogP contribution is -2.55. The zero-order valence-corrected chi connectivity index (χ0v) is 15.8. The topological polar surface area (TPSA) is 66.4 Å². The molecule has 0 aliphatic heterocycles. The maximum Gasteiger partial charge on any atom is 0.241 e. The fourth-order valence-corrected chi connectivity index (χ4v) is 4.51. The number of halogens is 1. The van der Waals surface area contributed by atoms with E-state index in [1.165, 1.54) is 12.1 Å².